The van der Waals surface area contributed by atoms with Crippen LogP contribution in [0.3, 0.4) is 0 Å². The largest absolute Gasteiger partial charge is 0.473 e. The molecule has 0 saturated heterocycles. The number of aryl methyl sites for hydroxylation is 1. The van der Waals surface area contributed by atoms with Crippen molar-refractivity contribution in [3.05, 3.63) is 46.6 Å². The van der Waals surface area contributed by atoms with Gasteiger partial charge in [-0.1, -0.05) is 50.6 Å². The van der Waals surface area contributed by atoms with Gasteiger partial charge in [-0.25, -0.2) is 9.97 Å². The Bertz CT molecular complexity index is 1370. The summed E-state index contributed by atoms with van der Waals surface area (Å²) in [6.45, 7) is 9.65. The average molecular weight is 492 g/mol. The van der Waals surface area contributed by atoms with Crippen LogP contribution in [-0.2, 0) is 18.6 Å². The van der Waals surface area contributed by atoms with E-state index < -0.39 is 11.7 Å². The lowest BCUT2D eigenvalue weighted by atomic mass is 9.92. The number of nitrogens with one attached hydrogen (secondary N) is 1. The van der Waals surface area contributed by atoms with E-state index in [1.165, 1.54) is 18.2 Å². The minimum absolute atomic E-state index is 0.0522. The Hall–Kier alpha value is -3.07. The van der Waals surface area contributed by atoms with E-state index >= 15 is 0 Å². The van der Waals surface area contributed by atoms with Gasteiger partial charge in [-0.15, -0.1) is 0 Å². The maximum atomic E-state index is 13.7. The molecular weight excluding hydrogens is 467 g/mol. The molecule has 0 saturated carbocycles. The monoisotopic (exact) mass is 491 g/mol. The number of ether oxygens (including phenoxy) is 1. The Morgan fingerprint density at radius 3 is 2.35 bits per heavy atom. The topological polar surface area (TPSA) is 68.6 Å². The Morgan fingerprint density at radius 2 is 1.76 bits per heavy atom. The number of imidazole rings is 1. The highest BCUT2D eigenvalue weighted by Gasteiger charge is 2.34. The van der Waals surface area contributed by atoms with Crippen molar-refractivity contribution in [1.29, 1.82) is 0 Å². The maximum Gasteiger partial charge on any atom is 0.417 e. The summed E-state index contributed by atoms with van der Waals surface area (Å²) in [7, 11) is 1.76. The van der Waals surface area contributed by atoms with Crippen LogP contribution in [0.2, 0.25) is 5.02 Å². The second kappa shape index (κ2) is 8.30. The lowest BCUT2D eigenvalue weighted by Crippen LogP contribution is -2.12. The molecule has 0 atom stereocenters. The van der Waals surface area contributed by atoms with E-state index in [2.05, 4.69) is 20.1 Å². The van der Waals surface area contributed by atoms with E-state index in [4.69, 9.17) is 16.3 Å². The number of halogens is 4. The standard InChI is InChI=1S/C24H25ClF3N5O/c1-12(2)34-22-18-16(11-15(30-22)13-9-7-8-10-14(13)24(26,27)28)29-21(31-18)19-17(25)20(23(3,4)5)32-33(19)6/h7-12H,1-6H3,(H,29,31). The number of benzene rings is 1. The zero-order chi connectivity index (χ0) is 25.0. The van der Waals surface area contributed by atoms with E-state index in [1.807, 2.05) is 34.6 Å². The minimum Gasteiger partial charge on any atom is -0.473 e. The number of nitrogens with zero attached hydrogens (tertiary/aromatic N) is 4. The van der Waals surface area contributed by atoms with Gasteiger partial charge < -0.3 is 9.72 Å². The molecule has 0 aliphatic heterocycles. The van der Waals surface area contributed by atoms with E-state index in [0.717, 1.165) is 6.07 Å². The number of pyridine rings is 1. The van der Waals surface area contributed by atoms with Gasteiger partial charge in [-0.2, -0.15) is 18.3 Å². The molecule has 180 valence electrons. The highest BCUT2D eigenvalue weighted by Crippen LogP contribution is 2.40. The number of alkyl halides is 3. The zero-order valence-electron chi connectivity index (χ0n) is 19.7. The predicted octanol–water partition coefficient (Wildman–Crippen LogP) is 6.78. The van der Waals surface area contributed by atoms with Crippen LogP contribution in [0, 0.1) is 0 Å². The molecule has 1 aromatic carbocycles. The van der Waals surface area contributed by atoms with E-state index in [-0.39, 0.29) is 28.7 Å². The third-order valence-corrected chi connectivity index (χ3v) is 5.58. The molecule has 3 aromatic heterocycles. The molecule has 0 amide bonds. The first kappa shape index (κ1) is 24.1. The van der Waals surface area contributed by atoms with Crippen molar-refractivity contribution in [3.63, 3.8) is 0 Å². The number of fused-ring (bicyclic) bond motifs is 1. The fourth-order valence-corrected chi connectivity index (χ4v) is 4.26. The Labute approximate surface area is 200 Å². The molecule has 0 fully saturated rings. The molecular formula is C24H25ClF3N5O. The van der Waals surface area contributed by atoms with E-state index in [9.17, 15) is 13.2 Å². The van der Waals surface area contributed by atoms with Crippen LogP contribution < -0.4 is 4.74 Å². The lowest BCUT2D eigenvalue weighted by molar-refractivity contribution is -0.137. The second-order valence-corrected chi connectivity index (χ2v) is 9.76. The van der Waals surface area contributed by atoms with Crippen molar-refractivity contribution < 1.29 is 17.9 Å². The number of aromatic amines is 1. The minimum atomic E-state index is -4.53. The van der Waals surface area contributed by atoms with Gasteiger partial charge in [0.1, 0.15) is 11.2 Å². The van der Waals surface area contributed by atoms with Crippen molar-refractivity contribution in [1.82, 2.24) is 24.7 Å². The van der Waals surface area contributed by atoms with Crippen molar-refractivity contribution in [2.75, 3.05) is 0 Å². The van der Waals surface area contributed by atoms with E-state index in [1.54, 1.807) is 17.8 Å². The van der Waals surface area contributed by atoms with Gasteiger partial charge in [0.05, 0.1) is 33.6 Å². The summed E-state index contributed by atoms with van der Waals surface area (Å²) >= 11 is 6.68. The number of hydrogen-bond acceptors (Lipinski definition) is 4. The van der Waals surface area contributed by atoms with Gasteiger partial charge in [0.2, 0.25) is 5.88 Å². The number of hydrogen-bond donors (Lipinski definition) is 1. The van der Waals surface area contributed by atoms with Gasteiger partial charge in [0.25, 0.3) is 0 Å². The quantitative estimate of drug-likeness (QED) is 0.341. The van der Waals surface area contributed by atoms with Crippen LogP contribution in [0.4, 0.5) is 13.2 Å². The first-order valence-electron chi connectivity index (χ1n) is 10.7. The van der Waals surface area contributed by atoms with Crippen LogP contribution in [0.1, 0.15) is 45.9 Å². The van der Waals surface area contributed by atoms with Gasteiger partial charge in [-0.05, 0) is 26.0 Å². The van der Waals surface area contributed by atoms with Gasteiger partial charge in [0.15, 0.2) is 5.82 Å². The summed E-state index contributed by atoms with van der Waals surface area (Å²) in [4.78, 5) is 12.3. The van der Waals surface area contributed by atoms with Crippen LogP contribution in [0.15, 0.2) is 30.3 Å². The van der Waals surface area contributed by atoms with Crippen LogP contribution in [0.25, 0.3) is 33.8 Å². The van der Waals surface area contributed by atoms with Crippen molar-refractivity contribution >= 4 is 22.6 Å². The Balaban J connectivity index is 1.95. The molecule has 0 aliphatic rings. The van der Waals surface area contributed by atoms with Crippen molar-refractivity contribution in [2.24, 2.45) is 7.05 Å². The summed E-state index contributed by atoms with van der Waals surface area (Å²) in [6.07, 6.45) is -4.79. The molecule has 4 rings (SSSR count). The summed E-state index contributed by atoms with van der Waals surface area (Å²) in [5, 5.41) is 5.01. The molecule has 10 heteroatoms. The SMILES string of the molecule is CC(C)Oc1nc(-c2ccccc2C(F)(F)F)cc2nc(-c3c(Cl)c(C(C)(C)C)nn3C)[nH]c12. The molecule has 0 radical (unpaired) electrons. The third kappa shape index (κ3) is 4.36. The molecule has 0 unspecified atom stereocenters. The number of H-pyrrole nitrogens is 1. The van der Waals surface area contributed by atoms with Crippen LogP contribution >= 0.6 is 11.6 Å². The fraction of sp³-hybridized carbons (Fsp3) is 0.375. The molecule has 0 bridgehead atoms. The van der Waals surface area contributed by atoms with Crippen molar-refractivity contribution in [3.8, 4) is 28.7 Å². The molecule has 3 heterocycles. The lowest BCUT2D eigenvalue weighted by Gasteiger charge is -2.15. The average Bonchev–Trinajstić information content (AvgIpc) is 3.26. The number of rotatable bonds is 4. The maximum absolute atomic E-state index is 13.7. The summed E-state index contributed by atoms with van der Waals surface area (Å²) in [6, 6.07) is 6.82. The molecule has 4 aromatic rings. The highest BCUT2D eigenvalue weighted by molar-refractivity contribution is 6.33. The van der Waals surface area contributed by atoms with Crippen molar-refractivity contribution in [2.45, 2.75) is 52.3 Å². The molecule has 6 nitrogen and oxygen atoms in total. The van der Waals surface area contributed by atoms with E-state index in [0.29, 0.717) is 33.3 Å². The zero-order valence-corrected chi connectivity index (χ0v) is 20.4. The van der Waals surface area contributed by atoms with Crippen LogP contribution in [-0.4, -0.2) is 30.8 Å². The van der Waals surface area contributed by atoms with Gasteiger partial charge in [-0.3, -0.25) is 4.68 Å². The molecule has 1 N–H and O–H groups in total. The molecule has 0 spiro atoms. The smallest absolute Gasteiger partial charge is 0.417 e. The summed E-state index contributed by atoms with van der Waals surface area (Å²) in [5.41, 5.74) is 1.14. The normalized spacial score (nSPS) is 12.7. The summed E-state index contributed by atoms with van der Waals surface area (Å²) in [5.74, 6) is 0.578. The molecule has 0 aliphatic carbocycles. The Kier molecular flexibility index (Phi) is 5.88. The third-order valence-electron chi connectivity index (χ3n) is 5.22. The predicted molar refractivity (Wildman–Crippen MR) is 126 cm³/mol. The Morgan fingerprint density at radius 1 is 1.09 bits per heavy atom. The van der Waals surface area contributed by atoms with Gasteiger partial charge >= 0.3 is 6.18 Å². The highest BCUT2D eigenvalue weighted by atomic mass is 35.5. The molecule has 34 heavy (non-hydrogen) atoms. The second-order valence-electron chi connectivity index (χ2n) is 9.39. The first-order valence-corrected chi connectivity index (χ1v) is 11.1. The number of aromatic nitrogens is 5. The fourth-order valence-electron chi connectivity index (χ4n) is 3.73. The van der Waals surface area contributed by atoms with Gasteiger partial charge in [0, 0.05) is 18.0 Å². The van der Waals surface area contributed by atoms with Crippen LogP contribution in [0.5, 0.6) is 5.88 Å². The summed E-state index contributed by atoms with van der Waals surface area (Å²) < 4.78 is 48.5. The first-order chi connectivity index (χ1) is 15.8.